The molecule has 1 heterocycles. The van der Waals surface area contributed by atoms with Crippen molar-refractivity contribution in [3.8, 4) is 12.3 Å². The molecule has 14 heavy (non-hydrogen) atoms. The number of hydrogen-bond donors (Lipinski definition) is 2. The summed E-state index contributed by atoms with van der Waals surface area (Å²) in [6.07, 6.45) is 12.8. The summed E-state index contributed by atoms with van der Waals surface area (Å²) >= 11 is 0. The zero-order valence-electron chi connectivity index (χ0n) is 8.51. The van der Waals surface area contributed by atoms with Gasteiger partial charge in [0.15, 0.2) is 0 Å². The van der Waals surface area contributed by atoms with Crippen LogP contribution in [0.15, 0.2) is 23.3 Å². The van der Waals surface area contributed by atoms with Gasteiger partial charge in [-0.05, 0) is 38.0 Å². The third kappa shape index (κ3) is 2.58. The maximum Gasteiger partial charge on any atom is 0.0336 e. The lowest BCUT2D eigenvalue weighted by Crippen LogP contribution is -2.24. The average Bonchev–Trinajstić information content (AvgIpc) is 2.73. The molecule has 1 fully saturated rings. The van der Waals surface area contributed by atoms with E-state index in [1.807, 2.05) is 19.1 Å². The molecule has 0 unspecified atom stereocenters. The topological polar surface area (TPSA) is 35.9 Å². The molecule has 1 saturated heterocycles. The quantitative estimate of drug-likeness (QED) is 0.396. The first-order valence-electron chi connectivity index (χ1n) is 4.90. The van der Waals surface area contributed by atoms with E-state index in [-0.39, 0.29) is 0 Å². The van der Waals surface area contributed by atoms with Crippen LogP contribution in [0.4, 0.5) is 0 Å². The van der Waals surface area contributed by atoms with Gasteiger partial charge in [-0.3, -0.25) is 0 Å². The number of allylic oxidation sites excluding steroid dienone is 3. The van der Waals surface area contributed by atoms with Crippen LogP contribution in [0.3, 0.4) is 0 Å². The summed E-state index contributed by atoms with van der Waals surface area (Å²) in [5.74, 6) is 2.59. The summed E-state index contributed by atoms with van der Waals surface area (Å²) in [7, 11) is 0. The highest BCUT2D eigenvalue weighted by molar-refractivity contribution is 5.79. The Morgan fingerprint density at radius 3 is 2.86 bits per heavy atom. The van der Waals surface area contributed by atoms with E-state index in [2.05, 4.69) is 11.2 Å². The molecule has 0 aliphatic carbocycles. The van der Waals surface area contributed by atoms with Crippen LogP contribution in [0.5, 0.6) is 0 Å². The molecule has 1 aliphatic heterocycles. The first-order valence-corrected chi connectivity index (χ1v) is 4.90. The van der Waals surface area contributed by atoms with Gasteiger partial charge in [0.2, 0.25) is 0 Å². The van der Waals surface area contributed by atoms with Crippen LogP contribution in [0.1, 0.15) is 19.8 Å². The molecular formula is C12H16N2. The van der Waals surface area contributed by atoms with Gasteiger partial charge >= 0.3 is 0 Å². The molecule has 1 aliphatic rings. The molecule has 2 heteroatoms. The standard InChI is InChI=1S/C12H16N2/c1-3-10(4-2)8-11(9-13)12-6-5-7-14-12/h1,4,8-9,12-14H,5-7H2,2H3/b10-4-,11-8+,13-9?/t12-/m0/s1. The maximum absolute atomic E-state index is 7.34. The van der Waals surface area contributed by atoms with Crippen molar-refractivity contribution in [3.63, 3.8) is 0 Å². The lowest BCUT2D eigenvalue weighted by atomic mass is 10.0. The zero-order valence-corrected chi connectivity index (χ0v) is 8.51. The van der Waals surface area contributed by atoms with Crippen LogP contribution in [-0.4, -0.2) is 18.8 Å². The molecule has 0 aromatic carbocycles. The van der Waals surface area contributed by atoms with Crippen LogP contribution < -0.4 is 5.32 Å². The van der Waals surface area contributed by atoms with Gasteiger partial charge < -0.3 is 10.7 Å². The Bertz CT molecular complexity index is 299. The van der Waals surface area contributed by atoms with Gasteiger partial charge in [-0.2, -0.15) is 0 Å². The molecule has 0 bridgehead atoms. The van der Waals surface area contributed by atoms with E-state index in [1.54, 1.807) is 0 Å². The number of rotatable bonds is 3. The van der Waals surface area contributed by atoms with Crippen LogP contribution in [-0.2, 0) is 0 Å². The second kappa shape index (κ2) is 5.41. The fourth-order valence-electron chi connectivity index (χ4n) is 1.60. The molecule has 2 nitrogen and oxygen atoms in total. The summed E-state index contributed by atoms with van der Waals surface area (Å²) < 4.78 is 0. The normalized spacial score (nSPS) is 23.3. The number of nitrogens with one attached hydrogen (secondary N) is 2. The molecule has 0 aromatic rings. The molecular weight excluding hydrogens is 172 g/mol. The molecule has 1 atom stereocenters. The fraction of sp³-hybridized carbons (Fsp3) is 0.417. The highest BCUT2D eigenvalue weighted by atomic mass is 14.9. The highest BCUT2D eigenvalue weighted by Crippen LogP contribution is 2.14. The first kappa shape index (κ1) is 10.7. The summed E-state index contributed by atoms with van der Waals surface area (Å²) in [6, 6.07) is 0.316. The van der Waals surface area contributed by atoms with Crippen LogP contribution in [0, 0.1) is 17.8 Å². The minimum absolute atomic E-state index is 0.316. The third-order valence-corrected chi connectivity index (χ3v) is 2.43. The summed E-state index contributed by atoms with van der Waals surface area (Å²) in [5.41, 5.74) is 1.82. The van der Waals surface area contributed by atoms with Crippen LogP contribution >= 0.6 is 0 Å². The van der Waals surface area contributed by atoms with Gasteiger partial charge in [0.05, 0.1) is 0 Å². The van der Waals surface area contributed by atoms with E-state index in [0.29, 0.717) is 6.04 Å². The SMILES string of the molecule is C#CC(/C=C(\C=N)[C@@H]1CCCN1)=C/C. The van der Waals surface area contributed by atoms with Gasteiger partial charge in [0.25, 0.3) is 0 Å². The van der Waals surface area contributed by atoms with E-state index in [1.165, 1.54) is 12.6 Å². The van der Waals surface area contributed by atoms with Crippen molar-refractivity contribution >= 4 is 6.21 Å². The van der Waals surface area contributed by atoms with E-state index < -0.39 is 0 Å². The monoisotopic (exact) mass is 188 g/mol. The minimum atomic E-state index is 0.316. The molecule has 0 saturated carbocycles. The third-order valence-electron chi connectivity index (χ3n) is 2.43. The molecule has 2 N–H and O–H groups in total. The van der Waals surface area contributed by atoms with E-state index in [4.69, 9.17) is 11.8 Å². The van der Waals surface area contributed by atoms with E-state index in [0.717, 1.165) is 24.1 Å². The Kier molecular flexibility index (Phi) is 4.15. The van der Waals surface area contributed by atoms with Crippen LogP contribution in [0.25, 0.3) is 0 Å². The van der Waals surface area contributed by atoms with Gasteiger partial charge in [-0.15, -0.1) is 6.42 Å². The van der Waals surface area contributed by atoms with Crippen LogP contribution in [0.2, 0.25) is 0 Å². The smallest absolute Gasteiger partial charge is 0.0336 e. The van der Waals surface area contributed by atoms with Crippen molar-refractivity contribution in [2.24, 2.45) is 0 Å². The Morgan fingerprint density at radius 2 is 2.43 bits per heavy atom. The number of terminal acetylenes is 1. The predicted molar refractivity (Wildman–Crippen MR) is 60.5 cm³/mol. The number of hydrogen-bond acceptors (Lipinski definition) is 2. The van der Waals surface area contributed by atoms with E-state index in [9.17, 15) is 0 Å². The van der Waals surface area contributed by atoms with Crippen molar-refractivity contribution in [2.75, 3.05) is 6.54 Å². The molecule has 1 rings (SSSR count). The fourth-order valence-corrected chi connectivity index (χ4v) is 1.60. The van der Waals surface area contributed by atoms with Crippen molar-refractivity contribution in [3.05, 3.63) is 23.3 Å². The molecule has 0 amide bonds. The Morgan fingerprint density at radius 1 is 1.64 bits per heavy atom. The van der Waals surface area contributed by atoms with Crippen molar-refractivity contribution in [2.45, 2.75) is 25.8 Å². The second-order valence-corrected chi connectivity index (χ2v) is 3.33. The lowest BCUT2D eigenvalue weighted by Gasteiger charge is -2.10. The Hall–Kier alpha value is -1.33. The summed E-state index contributed by atoms with van der Waals surface area (Å²) in [5, 5.41) is 10.7. The molecule has 74 valence electrons. The van der Waals surface area contributed by atoms with Crippen molar-refractivity contribution in [1.29, 1.82) is 5.41 Å². The molecule has 0 spiro atoms. The van der Waals surface area contributed by atoms with E-state index >= 15 is 0 Å². The summed E-state index contributed by atoms with van der Waals surface area (Å²) in [6.45, 7) is 2.95. The Balaban J connectivity index is 2.80. The first-order chi connectivity index (χ1) is 6.81. The largest absolute Gasteiger partial charge is 0.310 e. The van der Waals surface area contributed by atoms with Gasteiger partial charge in [0.1, 0.15) is 0 Å². The average molecular weight is 188 g/mol. The molecule has 0 radical (unpaired) electrons. The van der Waals surface area contributed by atoms with Crippen molar-refractivity contribution < 1.29 is 0 Å². The van der Waals surface area contributed by atoms with Gasteiger partial charge in [-0.1, -0.05) is 12.0 Å². The molecule has 0 aromatic heterocycles. The van der Waals surface area contributed by atoms with Crippen molar-refractivity contribution in [1.82, 2.24) is 5.32 Å². The zero-order chi connectivity index (χ0) is 10.4. The minimum Gasteiger partial charge on any atom is -0.310 e. The van der Waals surface area contributed by atoms with Gasteiger partial charge in [0, 0.05) is 17.8 Å². The van der Waals surface area contributed by atoms with Gasteiger partial charge in [-0.25, -0.2) is 0 Å². The summed E-state index contributed by atoms with van der Waals surface area (Å²) in [4.78, 5) is 0. The predicted octanol–water partition coefficient (Wildman–Crippen LogP) is 1.89. The lowest BCUT2D eigenvalue weighted by molar-refractivity contribution is 0.711. The maximum atomic E-state index is 7.34. The highest BCUT2D eigenvalue weighted by Gasteiger charge is 2.16. The second-order valence-electron chi connectivity index (χ2n) is 3.33. The Labute approximate surface area is 85.6 Å².